The van der Waals surface area contributed by atoms with E-state index in [9.17, 15) is 4.79 Å². The van der Waals surface area contributed by atoms with E-state index in [-0.39, 0.29) is 24.4 Å². The maximum Gasteiger partial charge on any atom is 0.251 e. The average Bonchev–Trinajstić information content (AvgIpc) is 2.88. The molecule has 1 amide bonds. The molecule has 1 heterocycles. The fourth-order valence-electron chi connectivity index (χ4n) is 2.64. The van der Waals surface area contributed by atoms with E-state index in [0.29, 0.717) is 6.04 Å². The molecule has 0 atom stereocenters. The van der Waals surface area contributed by atoms with Crippen molar-refractivity contribution >= 4 is 39.7 Å². The second kappa shape index (κ2) is 6.57. The fourth-order valence-corrected chi connectivity index (χ4v) is 3.41. The standard InChI is InChI=1S/C15H18N2OS.ClH/c16-12-2-4-13(5-3-12)17-15(18)11-1-6-14-10(9-11)7-8-19-14;/h1,6-9,12-13H,2-5,16H2,(H,17,18);1H. The first kappa shape index (κ1) is 15.3. The lowest BCUT2D eigenvalue weighted by Gasteiger charge is -2.26. The van der Waals surface area contributed by atoms with E-state index in [1.165, 1.54) is 4.70 Å². The summed E-state index contributed by atoms with van der Waals surface area (Å²) in [4.78, 5) is 12.2. The molecular formula is C15H19ClN2OS. The molecule has 0 saturated heterocycles. The molecule has 0 bridgehead atoms. The molecule has 1 aliphatic carbocycles. The molecule has 2 aromatic rings. The fraction of sp³-hybridized carbons (Fsp3) is 0.400. The van der Waals surface area contributed by atoms with E-state index < -0.39 is 0 Å². The summed E-state index contributed by atoms with van der Waals surface area (Å²) in [7, 11) is 0. The zero-order valence-corrected chi connectivity index (χ0v) is 12.8. The van der Waals surface area contributed by atoms with Gasteiger partial charge in [0.2, 0.25) is 0 Å². The Labute approximate surface area is 129 Å². The number of rotatable bonds is 2. The number of amides is 1. The summed E-state index contributed by atoms with van der Waals surface area (Å²) in [5.74, 6) is 0.0357. The normalized spacial score (nSPS) is 22.2. The van der Waals surface area contributed by atoms with Crippen molar-refractivity contribution < 1.29 is 4.79 Å². The summed E-state index contributed by atoms with van der Waals surface area (Å²) in [6.07, 6.45) is 4.00. The summed E-state index contributed by atoms with van der Waals surface area (Å²) < 4.78 is 1.22. The summed E-state index contributed by atoms with van der Waals surface area (Å²) in [5.41, 5.74) is 6.63. The number of hydrogen-bond donors (Lipinski definition) is 2. The Hall–Kier alpha value is -1.10. The molecule has 3 nitrogen and oxygen atoms in total. The number of fused-ring (bicyclic) bond motifs is 1. The molecule has 0 radical (unpaired) electrons. The number of benzene rings is 1. The van der Waals surface area contributed by atoms with Crippen LogP contribution >= 0.6 is 23.7 Å². The highest BCUT2D eigenvalue weighted by Crippen LogP contribution is 2.22. The zero-order chi connectivity index (χ0) is 13.2. The van der Waals surface area contributed by atoms with Crippen molar-refractivity contribution in [3.8, 4) is 0 Å². The molecule has 1 aliphatic rings. The molecule has 108 valence electrons. The van der Waals surface area contributed by atoms with Crippen molar-refractivity contribution in [1.29, 1.82) is 0 Å². The Kier molecular flexibility index (Phi) is 5.02. The Morgan fingerprint density at radius 1 is 1.20 bits per heavy atom. The molecule has 1 saturated carbocycles. The Morgan fingerprint density at radius 2 is 1.95 bits per heavy atom. The minimum absolute atomic E-state index is 0. The second-order valence-corrected chi connectivity index (χ2v) is 6.21. The third-order valence-electron chi connectivity index (χ3n) is 3.82. The minimum atomic E-state index is 0. The van der Waals surface area contributed by atoms with Crippen molar-refractivity contribution in [3.63, 3.8) is 0 Å². The molecular weight excluding hydrogens is 292 g/mol. The van der Waals surface area contributed by atoms with Gasteiger partial charge >= 0.3 is 0 Å². The molecule has 0 spiro atoms. The van der Waals surface area contributed by atoms with Gasteiger partial charge < -0.3 is 11.1 Å². The number of carbonyl (C=O) groups is 1. The van der Waals surface area contributed by atoms with Crippen molar-refractivity contribution in [3.05, 3.63) is 35.2 Å². The van der Waals surface area contributed by atoms with Crippen LogP contribution in [0.15, 0.2) is 29.6 Å². The zero-order valence-electron chi connectivity index (χ0n) is 11.2. The predicted octanol–water partition coefficient (Wildman–Crippen LogP) is 3.32. The van der Waals surface area contributed by atoms with E-state index in [1.807, 2.05) is 18.2 Å². The largest absolute Gasteiger partial charge is 0.349 e. The van der Waals surface area contributed by atoms with E-state index >= 15 is 0 Å². The Balaban J connectivity index is 0.00000147. The van der Waals surface area contributed by atoms with Crippen molar-refractivity contribution in [2.24, 2.45) is 5.73 Å². The summed E-state index contributed by atoms with van der Waals surface area (Å²) in [6.45, 7) is 0. The molecule has 3 rings (SSSR count). The molecule has 0 unspecified atom stereocenters. The lowest BCUT2D eigenvalue weighted by Crippen LogP contribution is -2.40. The number of nitrogens with two attached hydrogens (primary N) is 1. The third kappa shape index (κ3) is 3.32. The molecule has 20 heavy (non-hydrogen) atoms. The average molecular weight is 311 g/mol. The first-order chi connectivity index (χ1) is 9.22. The van der Waals surface area contributed by atoms with Crippen LogP contribution in [0.25, 0.3) is 10.1 Å². The summed E-state index contributed by atoms with van der Waals surface area (Å²) in [6, 6.07) is 8.54. The van der Waals surface area contributed by atoms with Gasteiger partial charge in [-0.2, -0.15) is 0 Å². The lowest BCUT2D eigenvalue weighted by molar-refractivity contribution is 0.0926. The Bertz CT molecular complexity index is 590. The van der Waals surface area contributed by atoms with Gasteiger partial charge in [-0.1, -0.05) is 0 Å². The third-order valence-corrected chi connectivity index (χ3v) is 4.72. The van der Waals surface area contributed by atoms with Crippen LogP contribution in [0.5, 0.6) is 0 Å². The smallest absolute Gasteiger partial charge is 0.251 e. The minimum Gasteiger partial charge on any atom is -0.349 e. The number of halogens is 1. The van der Waals surface area contributed by atoms with Crippen LogP contribution in [0.3, 0.4) is 0 Å². The van der Waals surface area contributed by atoms with Crippen LogP contribution < -0.4 is 11.1 Å². The van der Waals surface area contributed by atoms with Gasteiger partial charge in [-0.15, -0.1) is 23.7 Å². The quantitative estimate of drug-likeness (QED) is 0.894. The topological polar surface area (TPSA) is 55.1 Å². The first-order valence-electron chi connectivity index (χ1n) is 6.76. The van der Waals surface area contributed by atoms with Gasteiger partial charge in [0.05, 0.1) is 0 Å². The van der Waals surface area contributed by atoms with Crippen molar-refractivity contribution in [2.75, 3.05) is 0 Å². The van der Waals surface area contributed by atoms with E-state index in [0.717, 1.165) is 36.6 Å². The maximum atomic E-state index is 12.2. The highest BCUT2D eigenvalue weighted by atomic mass is 35.5. The first-order valence-corrected chi connectivity index (χ1v) is 7.64. The molecule has 0 aliphatic heterocycles. The van der Waals surface area contributed by atoms with Gasteiger partial charge in [-0.05, 0) is 60.7 Å². The highest BCUT2D eigenvalue weighted by molar-refractivity contribution is 7.17. The van der Waals surface area contributed by atoms with Crippen LogP contribution in [0.4, 0.5) is 0 Å². The van der Waals surface area contributed by atoms with Crippen LogP contribution in [0.1, 0.15) is 36.0 Å². The number of nitrogens with one attached hydrogen (secondary N) is 1. The van der Waals surface area contributed by atoms with Gasteiger partial charge in [0.25, 0.3) is 5.91 Å². The van der Waals surface area contributed by atoms with Gasteiger partial charge in [0.1, 0.15) is 0 Å². The summed E-state index contributed by atoms with van der Waals surface area (Å²) in [5, 5.41) is 6.31. The molecule has 3 N–H and O–H groups in total. The lowest BCUT2D eigenvalue weighted by atomic mass is 9.91. The van der Waals surface area contributed by atoms with Crippen LogP contribution in [0, 0.1) is 0 Å². The predicted molar refractivity (Wildman–Crippen MR) is 86.8 cm³/mol. The number of hydrogen-bond acceptors (Lipinski definition) is 3. The van der Waals surface area contributed by atoms with E-state index in [4.69, 9.17) is 5.73 Å². The Morgan fingerprint density at radius 3 is 2.70 bits per heavy atom. The van der Waals surface area contributed by atoms with Crippen LogP contribution in [-0.2, 0) is 0 Å². The van der Waals surface area contributed by atoms with Crippen molar-refractivity contribution in [2.45, 2.75) is 37.8 Å². The molecule has 1 fully saturated rings. The number of carbonyl (C=O) groups excluding carboxylic acids is 1. The number of thiophene rings is 1. The molecule has 5 heteroatoms. The van der Waals surface area contributed by atoms with E-state index in [2.05, 4.69) is 16.8 Å². The van der Waals surface area contributed by atoms with Crippen LogP contribution in [0.2, 0.25) is 0 Å². The molecule has 1 aromatic carbocycles. The van der Waals surface area contributed by atoms with Crippen molar-refractivity contribution in [1.82, 2.24) is 5.32 Å². The van der Waals surface area contributed by atoms with Crippen LogP contribution in [-0.4, -0.2) is 18.0 Å². The monoisotopic (exact) mass is 310 g/mol. The maximum absolute atomic E-state index is 12.2. The van der Waals surface area contributed by atoms with Gasteiger partial charge in [-0.25, -0.2) is 0 Å². The highest BCUT2D eigenvalue weighted by Gasteiger charge is 2.20. The van der Waals surface area contributed by atoms with Gasteiger partial charge in [0, 0.05) is 22.3 Å². The SMILES string of the molecule is Cl.NC1CCC(NC(=O)c2ccc3sccc3c2)CC1. The van der Waals surface area contributed by atoms with Gasteiger partial charge in [0.15, 0.2) is 0 Å². The summed E-state index contributed by atoms with van der Waals surface area (Å²) >= 11 is 1.70. The van der Waals surface area contributed by atoms with Gasteiger partial charge in [-0.3, -0.25) is 4.79 Å². The van der Waals surface area contributed by atoms with E-state index in [1.54, 1.807) is 11.3 Å². The molecule has 1 aromatic heterocycles. The second-order valence-electron chi connectivity index (χ2n) is 5.26.